The van der Waals surface area contributed by atoms with Crippen molar-refractivity contribution >= 4 is 15.7 Å². The van der Waals surface area contributed by atoms with Crippen LogP contribution in [0.15, 0.2) is 83.8 Å². The minimum Gasteiger partial charge on any atom is -0.508 e. The van der Waals surface area contributed by atoms with E-state index in [1.165, 1.54) is 4.31 Å². The Balaban J connectivity index is 1.70. The number of piperazine rings is 1. The van der Waals surface area contributed by atoms with Gasteiger partial charge in [-0.25, -0.2) is 8.42 Å². The second-order valence-corrected chi connectivity index (χ2v) is 10.7. The smallest absolute Gasteiger partial charge is 0.264 e. The normalized spacial score (nSPS) is 20.3. The lowest BCUT2D eigenvalue weighted by molar-refractivity contribution is 0.113. The van der Waals surface area contributed by atoms with E-state index in [9.17, 15) is 13.5 Å². The van der Waals surface area contributed by atoms with E-state index in [4.69, 9.17) is 0 Å². The molecule has 0 unspecified atom stereocenters. The summed E-state index contributed by atoms with van der Waals surface area (Å²) in [6.45, 7) is 6.05. The summed E-state index contributed by atoms with van der Waals surface area (Å²) in [6, 6.07) is 24.0. The van der Waals surface area contributed by atoms with Crippen molar-refractivity contribution in [2.45, 2.75) is 36.9 Å². The van der Waals surface area contributed by atoms with Gasteiger partial charge in [0.1, 0.15) is 5.75 Å². The number of nitrogens with one attached hydrogen (secondary N) is 1. The molecule has 1 aliphatic heterocycles. The largest absolute Gasteiger partial charge is 0.508 e. The van der Waals surface area contributed by atoms with Crippen LogP contribution in [-0.2, 0) is 10.0 Å². The Bertz CT molecular complexity index is 1180. The summed E-state index contributed by atoms with van der Waals surface area (Å²) in [6.07, 6.45) is 0. The highest BCUT2D eigenvalue weighted by Crippen LogP contribution is 2.34. The molecular weight excluding hydrogens is 434 g/mol. The van der Waals surface area contributed by atoms with Gasteiger partial charge in [0.05, 0.1) is 16.6 Å². The zero-order valence-corrected chi connectivity index (χ0v) is 20.0. The van der Waals surface area contributed by atoms with Gasteiger partial charge in [-0.3, -0.25) is 9.21 Å². The third kappa shape index (κ3) is 4.90. The van der Waals surface area contributed by atoms with E-state index < -0.39 is 10.0 Å². The maximum atomic E-state index is 13.2. The number of benzene rings is 3. The van der Waals surface area contributed by atoms with E-state index in [-0.39, 0.29) is 22.7 Å². The molecular formula is C26H31N3O3S. The molecule has 33 heavy (non-hydrogen) atoms. The maximum absolute atomic E-state index is 13.2. The summed E-state index contributed by atoms with van der Waals surface area (Å²) in [4.78, 5) is 2.66. The molecule has 6 nitrogen and oxygen atoms in total. The first-order valence-electron chi connectivity index (χ1n) is 11.2. The van der Waals surface area contributed by atoms with E-state index >= 15 is 0 Å². The quantitative estimate of drug-likeness (QED) is 0.576. The van der Waals surface area contributed by atoms with Crippen LogP contribution in [0.3, 0.4) is 0 Å². The molecule has 174 valence electrons. The second-order valence-electron chi connectivity index (χ2n) is 8.73. The lowest BCUT2D eigenvalue weighted by Crippen LogP contribution is -2.55. The van der Waals surface area contributed by atoms with Gasteiger partial charge in [0.15, 0.2) is 0 Å². The number of rotatable bonds is 6. The number of hydrogen-bond donors (Lipinski definition) is 2. The average molecular weight is 466 g/mol. The van der Waals surface area contributed by atoms with Crippen LogP contribution in [0.4, 0.5) is 5.69 Å². The molecule has 3 atom stereocenters. The van der Waals surface area contributed by atoms with Crippen molar-refractivity contribution in [3.8, 4) is 5.75 Å². The van der Waals surface area contributed by atoms with E-state index in [0.717, 1.165) is 24.2 Å². The Labute approximate surface area is 196 Å². The molecule has 0 amide bonds. The molecule has 1 aliphatic rings. The number of phenols is 1. The molecule has 2 N–H and O–H groups in total. The van der Waals surface area contributed by atoms with Crippen LogP contribution in [-0.4, -0.2) is 50.6 Å². The van der Waals surface area contributed by atoms with Crippen LogP contribution in [0.1, 0.15) is 31.0 Å². The van der Waals surface area contributed by atoms with Crippen molar-refractivity contribution in [2.75, 3.05) is 24.4 Å². The molecule has 0 aliphatic carbocycles. The maximum Gasteiger partial charge on any atom is 0.264 e. The van der Waals surface area contributed by atoms with Crippen LogP contribution >= 0.6 is 0 Å². The molecule has 1 fully saturated rings. The van der Waals surface area contributed by atoms with E-state index in [2.05, 4.69) is 24.1 Å². The summed E-state index contributed by atoms with van der Waals surface area (Å²) in [5.41, 5.74) is 2.58. The van der Waals surface area contributed by atoms with Gasteiger partial charge in [-0.05, 0) is 61.4 Å². The molecule has 3 aromatic carbocycles. The van der Waals surface area contributed by atoms with Gasteiger partial charge >= 0.3 is 0 Å². The highest BCUT2D eigenvalue weighted by atomic mass is 32.2. The van der Waals surface area contributed by atoms with Crippen LogP contribution < -0.4 is 9.62 Å². The lowest BCUT2D eigenvalue weighted by Gasteiger charge is -2.43. The standard InChI is InChI=1S/C26H31N3O3S/c1-19-18-29(20(2)17-27-19)26(22-8-7-11-24(30)16-22)21-12-14-25(15-13-21)33(31,32)28(3)23-9-5-4-6-10-23/h4-16,19-20,26-27,30H,17-18H2,1-3H3/t19-,20+,26+/m0/s1. The summed E-state index contributed by atoms with van der Waals surface area (Å²) in [5, 5.41) is 13.6. The van der Waals surface area contributed by atoms with Crippen molar-refractivity contribution in [3.63, 3.8) is 0 Å². The number of anilines is 1. The Morgan fingerprint density at radius 1 is 0.970 bits per heavy atom. The number of sulfonamides is 1. The topological polar surface area (TPSA) is 72.9 Å². The fourth-order valence-electron chi connectivity index (χ4n) is 4.44. The van der Waals surface area contributed by atoms with Crippen molar-refractivity contribution in [3.05, 3.63) is 90.0 Å². The van der Waals surface area contributed by atoms with Gasteiger partial charge in [-0.1, -0.05) is 42.5 Å². The monoisotopic (exact) mass is 465 g/mol. The predicted molar refractivity (Wildman–Crippen MR) is 132 cm³/mol. The van der Waals surface area contributed by atoms with Crippen LogP contribution in [0.25, 0.3) is 0 Å². The van der Waals surface area contributed by atoms with Gasteiger partial charge in [0, 0.05) is 32.2 Å². The Hall–Kier alpha value is -2.87. The molecule has 1 heterocycles. The molecule has 0 bridgehead atoms. The number of phenolic OH excluding ortho intramolecular Hbond substituents is 1. The summed E-state index contributed by atoms with van der Waals surface area (Å²) in [5.74, 6) is 0.219. The third-order valence-corrected chi connectivity index (χ3v) is 8.10. The lowest BCUT2D eigenvalue weighted by atomic mass is 9.94. The fourth-order valence-corrected chi connectivity index (χ4v) is 5.63. The molecule has 0 aromatic heterocycles. The van der Waals surface area contributed by atoms with Gasteiger partial charge < -0.3 is 10.4 Å². The van der Waals surface area contributed by atoms with Gasteiger partial charge in [0.25, 0.3) is 10.0 Å². The van der Waals surface area contributed by atoms with Crippen LogP contribution in [0.2, 0.25) is 0 Å². The van der Waals surface area contributed by atoms with Gasteiger partial charge in [-0.15, -0.1) is 0 Å². The number of aromatic hydroxyl groups is 1. The first-order valence-corrected chi connectivity index (χ1v) is 12.6. The number of nitrogens with zero attached hydrogens (tertiary/aromatic N) is 2. The Morgan fingerprint density at radius 2 is 1.67 bits per heavy atom. The molecule has 1 saturated heterocycles. The molecule has 7 heteroatoms. The van der Waals surface area contributed by atoms with E-state index in [1.807, 2.05) is 42.5 Å². The number of hydrogen-bond acceptors (Lipinski definition) is 5. The number of para-hydroxylation sites is 1. The highest BCUT2D eigenvalue weighted by molar-refractivity contribution is 7.92. The van der Waals surface area contributed by atoms with Crippen molar-refractivity contribution in [1.82, 2.24) is 10.2 Å². The molecule has 4 rings (SSSR count). The summed E-state index contributed by atoms with van der Waals surface area (Å²) in [7, 11) is -2.11. The fraction of sp³-hybridized carbons (Fsp3) is 0.308. The second kappa shape index (κ2) is 9.55. The van der Waals surface area contributed by atoms with Gasteiger partial charge in [-0.2, -0.15) is 0 Å². The van der Waals surface area contributed by atoms with Crippen molar-refractivity contribution < 1.29 is 13.5 Å². The molecule has 0 spiro atoms. The van der Waals surface area contributed by atoms with Crippen LogP contribution in [0, 0.1) is 0 Å². The minimum atomic E-state index is -3.68. The first-order chi connectivity index (χ1) is 15.8. The van der Waals surface area contributed by atoms with Crippen LogP contribution in [0.5, 0.6) is 5.75 Å². The zero-order valence-electron chi connectivity index (χ0n) is 19.2. The average Bonchev–Trinajstić information content (AvgIpc) is 2.82. The van der Waals surface area contributed by atoms with Crippen molar-refractivity contribution in [2.24, 2.45) is 0 Å². The predicted octanol–water partition coefficient (Wildman–Crippen LogP) is 3.99. The molecule has 3 aromatic rings. The zero-order chi connectivity index (χ0) is 23.6. The van der Waals surface area contributed by atoms with Gasteiger partial charge in [0.2, 0.25) is 0 Å². The minimum absolute atomic E-state index is 0.0970. The Morgan fingerprint density at radius 3 is 2.33 bits per heavy atom. The SMILES string of the molecule is C[C@@H]1CN[C@@H](C)CN1[C@H](c1ccc(S(=O)(=O)N(C)c2ccccc2)cc1)c1cccc(O)c1. The Kier molecular flexibility index (Phi) is 6.74. The molecule has 0 radical (unpaired) electrons. The van der Waals surface area contributed by atoms with E-state index in [1.54, 1.807) is 43.4 Å². The highest BCUT2D eigenvalue weighted by Gasteiger charge is 2.31. The van der Waals surface area contributed by atoms with E-state index in [0.29, 0.717) is 11.7 Å². The third-order valence-electron chi connectivity index (χ3n) is 6.30. The first kappa shape index (κ1) is 23.3. The summed E-state index contributed by atoms with van der Waals surface area (Å²) >= 11 is 0. The summed E-state index contributed by atoms with van der Waals surface area (Å²) < 4.78 is 27.7. The van der Waals surface area contributed by atoms with Crippen molar-refractivity contribution in [1.29, 1.82) is 0 Å². The molecule has 0 saturated carbocycles.